The van der Waals surface area contributed by atoms with E-state index >= 15 is 0 Å². The summed E-state index contributed by atoms with van der Waals surface area (Å²) in [4.78, 5) is 11.2. The zero-order valence-electron chi connectivity index (χ0n) is 15.3. The van der Waals surface area contributed by atoms with E-state index in [4.69, 9.17) is 9.26 Å². The molecule has 0 aliphatic heterocycles. The third-order valence-corrected chi connectivity index (χ3v) is 3.92. The minimum Gasteiger partial charge on any atom is -0.491 e. The van der Waals surface area contributed by atoms with Crippen LogP contribution in [-0.2, 0) is 6.42 Å². The highest BCUT2D eigenvalue weighted by atomic mass is 16.5. The molecule has 0 spiro atoms. The molecule has 0 fully saturated rings. The van der Waals surface area contributed by atoms with Crippen LogP contribution in [0.5, 0.6) is 5.75 Å². The quantitative estimate of drug-likeness (QED) is 0.658. The topological polar surface area (TPSA) is 67.3 Å². The lowest BCUT2D eigenvalue weighted by Crippen LogP contribution is -2.18. The maximum absolute atomic E-state index is 11.2. The first-order valence-electron chi connectivity index (χ1n) is 8.80. The molecule has 0 aliphatic rings. The van der Waals surface area contributed by atoms with Crippen molar-refractivity contribution in [3.05, 3.63) is 70.5 Å². The van der Waals surface area contributed by atoms with Crippen LogP contribution < -0.4 is 15.6 Å². The molecule has 1 aromatic heterocycles. The summed E-state index contributed by atoms with van der Waals surface area (Å²) in [6, 6.07) is 17.7. The Hall–Kier alpha value is -2.95. The van der Waals surface area contributed by atoms with Gasteiger partial charge >= 0.3 is 0 Å². The molecule has 1 unspecified atom stereocenters. The maximum Gasteiger partial charge on any atom is 0.280 e. The fourth-order valence-corrected chi connectivity index (χ4v) is 2.86. The van der Waals surface area contributed by atoms with Gasteiger partial charge in [0, 0.05) is 17.3 Å². The van der Waals surface area contributed by atoms with Gasteiger partial charge in [-0.25, -0.2) is 0 Å². The normalized spacial score (nSPS) is 12.2. The highest BCUT2D eigenvalue weighted by Gasteiger charge is 2.07. The van der Waals surface area contributed by atoms with Crippen LogP contribution >= 0.6 is 0 Å². The highest BCUT2D eigenvalue weighted by Crippen LogP contribution is 2.21. The van der Waals surface area contributed by atoms with E-state index < -0.39 is 0 Å². The van der Waals surface area contributed by atoms with Gasteiger partial charge in [0.05, 0.1) is 12.2 Å². The molecule has 2 N–H and O–H groups in total. The fourth-order valence-electron chi connectivity index (χ4n) is 2.86. The summed E-state index contributed by atoms with van der Waals surface area (Å²) in [7, 11) is 0. The lowest BCUT2D eigenvalue weighted by molar-refractivity contribution is 0.242. The predicted octanol–water partition coefficient (Wildman–Crippen LogP) is 4.47. The monoisotopic (exact) mass is 352 g/mol. The molecule has 3 aromatic rings. The van der Waals surface area contributed by atoms with Crippen molar-refractivity contribution in [2.45, 2.75) is 39.3 Å². The van der Waals surface area contributed by atoms with E-state index in [0.717, 1.165) is 23.4 Å². The second-order valence-corrected chi connectivity index (χ2v) is 6.72. The lowest BCUT2D eigenvalue weighted by Gasteiger charge is -2.17. The number of hydrogen-bond acceptors (Lipinski definition) is 4. The molecule has 0 saturated heterocycles. The first-order chi connectivity index (χ1) is 12.5. The van der Waals surface area contributed by atoms with E-state index in [1.54, 1.807) is 0 Å². The molecular weight excluding hydrogens is 328 g/mol. The van der Waals surface area contributed by atoms with Crippen LogP contribution in [-0.4, -0.2) is 17.3 Å². The van der Waals surface area contributed by atoms with E-state index in [-0.39, 0.29) is 17.7 Å². The van der Waals surface area contributed by atoms with Gasteiger partial charge in [-0.3, -0.25) is 4.79 Å². The molecule has 5 heteroatoms. The largest absolute Gasteiger partial charge is 0.491 e. The summed E-state index contributed by atoms with van der Waals surface area (Å²) < 4.78 is 10.9. The van der Waals surface area contributed by atoms with Gasteiger partial charge in [0.1, 0.15) is 5.75 Å². The first-order valence-corrected chi connectivity index (χ1v) is 8.80. The number of ether oxygens (including phenoxy) is 1. The minimum absolute atomic E-state index is 0.170. The van der Waals surface area contributed by atoms with Gasteiger partial charge in [-0.15, -0.1) is 0 Å². The van der Waals surface area contributed by atoms with E-state index in [0.29, 0.717) is 5.76 Å². The van der Waals surface area contributed by atoms with Gasteiger partial charge in [0.2, 0.25) is 0 Å². The fraction of sp³-hybridized carbons (Fsp3) is 0.286. The standard InChI is InChI=1S/C21H24N2O3/c1-14(2)25-19-6-4-5-16(12-19)11-15(3)22-18-9-7-17(8-10-18)20-13-21(24)23-26-20/h4-10,12-15,22H,11H2,1-3H3,(H,23,24). The SMILES string of the molecule is CC(Cc1cccc(OC(C)C)c1)Nc1ccc(-c2cc(=O)[nH]o2)cc1. The summed E-state index contributed by atoms with van der Waals surface area (Å²) in [5.41, 5.74) is 2.88. The molecular formula is C21H24N2O3. The van der Waals surface area contributed by atoms with Gasteiger partial charge < -0.3 is 14.6 Å². The van der Waals surface area contributed by atoms with Crippen LogP contribution in [0.4, 0.5) is 5.69 Å². The van der Waals surface area contributed by atoms with Crippen LogP contribution in [0.15, 0.2) is 63.9 Å². The summed E-state index contributed by atoms with van der Waals surface area (Å²) in [6.45, 7) is 6.20. The van der Waals surface area contributed by atoms with Crippen LogP contribution in [0.1, 0.15) is 26.3 Å². The predicted molar refractivity (Wildman–Crippen MR) is 104 cm³/mol. The zero-order chi connectivity index (χ0) is 18.5. The smallest absolute Gasteiger partial charge is 0.280 e. The van der Waals surface area contributed by atoms with Crippen molar-refractivity contribution in [3.8, 4) is 17.1 Å². The van der Waals surface area contributed by atoms with Gasteiger partial charge in [0.15, 0.2) is 5.76 Å². The lowest BCUT2D eigenvalue weighted by atomic mass is 10.1. The number of H-pyrrole nitrogens is 1. The van der Waals surface area contributed by atoms with Crippen LogP contribution in [0.25, 0.3) is 11.3 Å². The molecule has 5 nitrogen and oxygen atoms in total. The van der Waals surface area contributed by atoms with E-state index in [2.05, 4.69) is 29.5 Å². The Balaban J connectivity index is 1.61. The minimum atomic E-state index is -0.237. The second kappa shape index (κ2) is 7.95. The Morgan fingerprint density at radius 1 is 1.08 bits per heavy atom. The molecule has 1 heterocycles. The van der Waals surface area contributed by atoms with Crippen LogP contribution in [0, 0.1) is 0 Å². The number of aromatic nitrogens is 1. The van der Waals surface area contributed by atoms with Gasteiger partial charge in [0.25, 0.3) is 5.56 Å². The van der Waals surface area contributed by atoms with Crippen molar-refractivity contribution in [1.29, 1.82) is 0 Å². The molecule has 26 heavy (non-hydrogen) atoms. The Morgan fingerprint density at radius 2 is 1.85 bits per heavy atom. The van der Waals surface area contributed by atoms with Gasteiger partial charge in [-0.2, -0.15) is 5.16 Å². The van der Waals surface area contributed by atoms with Crippen LogP contribution in [0.3, 0.4) is 0 Å². The van der Waals surface area contributed by atoms with Gasteiger partial charge in [-0.1, -0.05) is 12.1 Å². The van der Waals surface area contributed by atoms with Crippen molar-refractivity contribution in [1.82, 2.24) is 5.16 Å². The molecule has 0 saturated carbocycles. The molecule has 0 radical (unpaired) electrons. The molecule has 0 amide bonds. The number of benzene rings is 2. The Kier molecular flexibility index (Phi) is 5.46. The maximum atomic E-state index is 11.2. The van der Waals surface area contributed by atoms with E-state index in [1.807, 2.05) is 50.2 Å². The highest BCUT2D eigenvalue weighted by molar-refractivity contribution is 5.61. The molecule has 3 rings (SSSR count). The summed E-state index contributed by atoms with van der Waals surface area (Å²) in [6.07, 6.45) is 1.06. The number of aromatic amines is 1. The van der Waals surface area contributed by atoms with Crippen molar-refractivity contribution in [3.63, 3.8) is 0 Å². The van der Waals surface area contributed by atoms with Crippen molar-refractivity contribution < 1.29 is 9.26 Å². The number of rotatable bonds is 7. The van der Waals surface area contributed by atoms with Crippen molar-refractivity contribution in [2.75, 3.05) is 5.32 Å². The van der Waals surface area contributed by atoms with Gasteiger partial charge in [-0.05, 0) is 69.2 Å². The molecule has 136 valence electrons. The first kappa shape index (κ1) is 17.9. The summed E-state index contributed by atoms with van der Waals surface area (Å²) in [5.74, 6) is 1.44. The molecule has 1 atom stereocenters. The zero-order valence-corrected chi connectivity index (χ0v) is 15.3. The second-order valence-electron chi connectivity index (χ2n) is 6.72. The third kappa shape index (κ3) is 4.79. The average Bonchev–Trinajstić information content (AvgIpc) is 3.01. The van der Waals surface area contributed by atoms with E-state index in [9.17, 15) is 4.79 Å². The van der Waals surface area contributed by atoms with Crippen molar-refractivity contribution in [2.24, 2.45) is 0 Å². The summed E-state index contributed by atoms with van der Waals surface area (Å²) in [5, 5.41) is 5.79. The molecule has 0 bridgehead atoms. The molecule has 0 aliphatic carbocycles. The Morgan fingerprint density at radius 3 is 2.50 bits per heavy atom. The summed E-state index contributed by atoms with van der Waals surface area (Å²) >= 11 is 0. The number of nitrogens with one attached hydrogen (secondary N) is 2. The van der Waals surface area contributed by atoms with Crippen LogP contribution in [0.2, 0.25) is 0 Å². The number of hydrogen-bond donors (Lipinski definition) is 2. The Bertz CT molecular complexity index is 894. The average molecular weight is 352 g/mol. The number of anilines is 1. The van der Waals surface area contributed by atoms with Crippen molar-refractivity contribution >= 4 is 5.69 Å². The Labute approximate surface area is 153 Å². The molecule has 2 aromatic carbocycles. The van der Waals surface area contributed by atoms with E-state index in [1.165, 1.54) is 11.6 Å². The third-order valence-electron chi connectivity index (χ3n) is 3.92.